The molecule has 1 saturated heterocycles. The molecular formula is C11H14ClN3O. The van der Waals surface area contributed by atoms with Gasteiger partial charge < -0.3 is 10.2 Å². The van der Waals surface area contributed by atoms with Crippen LogP contribution in [0.2, 0.25) is 5.02 Å². The molecule has 2 heterocycles. The van der Waals surface area contributed by atoms with E-state index in [4.69, 9.17) is 11.6 Å². The molecule has 1 N–H and O–H groups in total. The van der Waals surface area contributed by atoms with Crippen LogP contribution in [0.4, 0.5) is 0 Å². The van der Waals surface area contributed by atoms with Gasteiger partial charge in [-0.2, -0.15) is 0 Å². The van der Waals surface area contributed by atoms with Gasteiger partial charge in [0.25, 0.3) is 5.91 Å². The zero-order valence-corrected chi connectivity index (χ0v) is 9.87. The highest BCUT2D eigenvalue weighted by molar-refractivity contribution is 6.30. The van der Waals surface area contributed by atoms with Gasteiger partial charge in [0.15, 0.2) is 0 Å². The molecule has 1 atom stereocenters. The fourth-order valence-electron chi connectivity index (χ4n) is 1.79. The summed E-state index contributed by atoms with van der Waals surface area (Å²) in [5.74, 6) is -0.0225. The first-order chi connectivity index (χ1) is 7.68. The van der Waals surface area contributed by atoms with Gasteiger partial charge in [0.2, 0.25) is 0 Å². The largest absolute Gasteiger partial charge is 0.332 e. The van der Waals surface area contributed by atoms with Gasteiger partial charge in [0, 0.05) is 31.9 Å². The maximum absolute atomic E-state index is 12.1. The van der Waals surface area contributed by atoms with E-state index in [2.05, 4.69) is 10.3 Å². The molecule has 5 heteroatoms. The van der Waals surface area contributed by atoms with Crippen molar-refractivity contribution in [3.05, 3.63) is 29.0 Å². The zero-order valence-electron chi connectivity index (χ0n) is 9.11. The molecule has 0 aromatic carbocycles. The summed E-state index contributed by atoms with van der Waals surface area (Å²) in [7, 11) is 0. The topological polar surface area (TPSA) is 45.2 Å². The van der Waals surface area contributed by atoms with Crippen LogP contribution >= 0.6 is 11.6 Å². The van der Waals surface area contributed by atoms with E-state index in [0.717, 1.165) is 19.6 Å². The second-order valence-corrected chi connectivity index (χ2v) is 4.35. The number of nitrogens with one attached hydrogen (secondary N) is 1. The Morgan fingerprint density at radius 3 is 3.06 bits per heavy atom. The van der Waals surface area contributed by atoms with Crippen LogP contribution in [0, 0.1) is 0 Å². The number of rotatable bonds is 1. The minimum Gasteiger partial charge on any atom is -0.332 e. The molecule has 1 aliphatic rings. The summed E-state index contributed by atoms with van der Waals surface area (Å²) in [4.78, 5) is 18.0. The molecule has 1 unspecified atom stereocenters. The molecule has 0 aliphatic carbocycles. The molecule has 0 spiro atoms. The van der Waals surface area contributed by atoms with Crippen LogP contribution in [-0.2, 0) is 0 Å². The standard InChI is InChI=1S/C11H14ClN3O/c1-8-6-13-4-5-15(8)11(16)10-3-2-9(12)7-14-10/h2-3,7-8,13H,4-6H2,1H3. The number of piperazine rings is 1. The van der Waals surface area contributed by atoms with Crippen molar-refractivity contribution in [2.45, 2.75) is 13.0 Å². The third-order valence-corrected chi connectivity index (χ3v) is 2.93. The normalized spacial score (nSPS) is 20.9. The predicted molar refractivity (Wildman–Crippen MR) is 62.6 cm³/mol. The number of halogens is 1. The molecule has 1 fully saturated rings. The van der Waals surface area contributed by atoms with Gasteiger partial charge in [-0.25, -0.2) is 4.98 Å². The number of carbonyl (C=O) groups excluding carboxylic acids is 1. The Hall–Kier alpha value is -1.13. The van der Waals surface area contributed by atoms with E-state index >= 15 is 0 Å². The molecule has 0 radical (unpaired) electrons. The average Bonchev–Trinajstić information content (AvgIpc) is 2.30. The molecule has 1 amide bonds. The Balaban J connectivity index is 2.14. The maximum Gasteiger partial charge on any atom is 0.272 e. The second-order valence-electron chi connectivity index (χ2n) is 3.91. The summed E-state index contributed by atoms with van der Waals surface area (Å²) in [6.07, 6.45) is 1.50. The number of carbonyl (C=O) groups is 1. The Bertz CT molecular complexity index is 379. The van der Waals surface area contributed by atoms with Crippen LogP contribution in [0.25, 0.3) is 0 Å². The molecule has 1 aliphatic heterocycles. The van der Waals surface area contributed by atoms with Crippen LogP contribution in [-0.4, -0.2) is 41.5 Å². The molecule has 0 bridgehead atoms. The van der Waals surface area contributed by atoms with Crippen molar-refractivity contribution >= 4 is 17.5 Å². The van der Waals surface area contributed by atoms with E-state index in [0.29, 0.717) is 10.7 Å². The van der Waals surface area contributed by atoms with Crippen molar-refractivity contribution in [2.75, 3.05) is 19.6 Å². The first-order valence-electron chi connectivity index (χ1n) is 5.32. The van der Waals surface area contributed by atoms with Gasteiger partial charge in [0.05, 0.1) is 5.02 Å². The van der Waals surface area contributed by atoms with E-state index in [1.165, 1.54) is 6.20 Å². The zero-order chi connectivity index (χ0) is 11.5. The average molecular weight is 240 g/mol. The predicted octanol–water partition coefficient (Wildman–Crippen LogP) is 1.17. The van der Waals surface area contributed by atoms with Crippen LogP contribution in [0.15, 0.2) is 18.3 Å². The number of hydrogen-bond donors (Lipinski definition) is 1. The monoisotopic (exact) mass is 239 g/mol. The molecule has 16 heavy (non-hydrogen) atoms. The van der Waals surface area contributed by atoms with Crippen LogP contribution < -0.4 is 5.32 Å². The summed E-state index contributed by atoms with van der Waals surface area (Å²) >= 11 is 5.73. The number of hydrogen-bond acceptors (Lipinski definition) is 3. The summed E-state index contributed by atoms with van der Waals surface area (Å²) in [5, 5.41) is 3.79. The van der Waals surface area contributed by atoms with Gasteiger partial charge in [0.1, 0.15) is 5.69 Å². The van der Waals surface area contributed by atoms with Gasteiger partial charge in [-0.3, -0.25) is 4.79 Å². The Kier molecular flexibility index (Phi) is 3.41. The Morgan fingerprint density at radius 2 is 2.44 bits per heavy atom. The minimum atomic E-state index is -0.0225. The van der Waals surface area contributed by atoms with E-state index in [1.54, 1.807) is 12.1 Å². The number of amides is 1. The van der Waals surface area contributed by atoms with Crippen LogP contribution in [0.1, 0.15) is 17.4 Å². The van der Waals surface area contributed by atoms with Crippen molar-refractivity contribution in [3.63, 3.8) is 0 Å². The lowest BCUT2D eigenvalue weighted by Crippen LogP contribution is -2.52. The second kappa shape index (κ2) is 4.80. The third-order valence-electron chi connectivity index (χ3n) is 2.71. The molecule has 86 valence electrons. The fourth-order valence-corrected chi connectivity index (χ4v) is 1.90. The SMILES string of the molecule is CC1CNCCN1C(=O)c1ccc(Cl)cn1. The van der Waals surface area contributed by atoms with Gasteiger partial charge in [-0.1, -0.05) is 11.6 Å². The summed E-state index contributed by atoms with van der Waals surface area (Å²) in [5.41, 5.74) is 0.457. The lowest BCUT2D eigenvalue weighted by atomic mass is 10.2. The van der Waals surface area contributed by atoms with E-state index < -0.39 is 0 Å². The Morgan fingerprint density at radius 1 is 1.62 bits per heavy atom. The maximum atomic E-state index is 12.1. The molecule has 4 nitrogen and oxygen atoms in total. The first-order valence-corrected chi connectivity index (χ1v) is 5.69. The lowest BCUT2D eigenvalue weighted by Gasteiger charge is -2.33. The number of nitrogens with zero attached hydrogens (tertiary/aromatic N) is 2. The highest BCUT2D eigenvalue weighted by Crippen LogP contribution is 2.11. The molecule has 0 saturated carbocycles. The quantitative estimate of drug-likeness (QED) is 0.800. The molecular weight excluding hydrogens is 226 g/mol. The summed E-state index contributed by atoms with van der Waals surface area (Å²) in [6.45, 7) is 4.42. The molecule has 1 aromatic heterocycles. The fraction of sp³-hybridized carbons (Fsp3) is 0.455. The van der Waals surface area contributed by atoms with Crippen molar-refractivity contribution < 1.29 is 4.79 Å². The lowest BCUT2D eigenvalue weighted by molar-refractivity contribution is 0.0649. The van der Waals surface area contributed by atoms with E-state index in [9.17, 15) is 4.79 Å². The molecule has 1 aromatic rings. The Labute approximate surface area is 99.6 Å². The number of pyridine rings is 1. The first kappa shape index (κ1) is 11.4. The third kappa shape index (κ3) is 2.33. The van der Waals surface area contributed by atoms with Crippen molar-refractivity contribution in [1.29, 1.82) is 0 Å². The van der Waals surface area contributed by atoms with Crippen LogP contribution in [0.5, 0.6) is 0 Å². The van der Waals surface area contributed by atoms with Gasteiger partial charge >= 0.3 is 0 Å². The minimum absolute atomic E-state index is 0.0225. The molecule has 2 rings (SSSR count). The van der Waals surface area contributed by atoms with Crippen LogP contribution in [0.3, 0.4) is 0 Å². The number of aromatic nitrogens is 1. The van der Waals surface area contributed by atoms with Gasteiger partial charge in [-0.05, 0) is 19.1 Å². The van der Waals surface area contributed by atoms with E-state index in [1.807, 2.05) is 11.8 Å². The highest BCUT2D eigenvalue weighted by atomic mass is 35.5. The van der Waals surface area contributed by atoms with Crippen molar-refractivity contribution in [1.82, 2.24) is 15.2 Å². The van der Waals surface area contributed by atoms with Crippen molar-refractivity contribution in [2.24, 2.45) is 0 Å². The van der Waals surface area contributed by atoms with E-state index in [-0.39, 0.29) is 11.9 Å². The summed E-state index contributed by atoms with van der Waals surface area (Å²) in [6, 6.07) is 3.56. The highest BCUT2D eigenvalue weighted by Gasteiger charge is 2.24. The smallest absolute Gasteiger partial charge is 0.272 e. The van der Waals surface area contributed by atoms with Gasteiger partial charge in [-0.15, -0.1) is 0 Å². The summed E-state index contributed by atoms with van der Waals surface area (Å²) < 4.78 is 0. The van der Waals surface area contributed by atoms with Crippen molar-refractivity contribution in [3.8, 4) is 0 Å².